The molecule has 0 bridgehead atoms. The van der Waals surface area contributed by atoms with Crippen LogP contribution in [0.1, 0.15) is 16.7 Å². The fourth-order valence-electron chi connectivity index (χ4n) is 10.6. The van der Waals surface area contributed by atoms with Crippen molar-refractivity contribution in [2.75, 3.05) is 0 Å². The zero-order chi connectivity index (χ0) is 84.1. The molecular weight excluding hydrogens is 2120 g/mol. The molecule has 9 aromatic heterocycles. The topological polar surface area (TPSA) is 142 Å². The van der Waals surface area contributed by atoms with E-state index in [-0.39, 0.29) is 51.1 Å². The van der Waals surface area contributed by atoms with E-state index in [0.29, 0.717) is 0 Å². The Hall–Kier alpha value is -11.3. The minimum atomic E-state index is -1.80. The van der Waals surface area contributed by atoms with Gasteiger partial charge in [-0.25, -0.2) is 31.3 Å². The average Bonchev–Trinajstić information content (AvgIpc) is 0.775. The molecule has 0 atom stereocenters. The van der Waals surface area contributed by atoms with Gasteiger partial charge in [0.1, 0.15) is 23.8 Å². The van der Waals surface area contributed by atoms with Gasteiger partial charge in [0.15, 0.2) is 17.5 Å². The predicted molar refractivity (Wildman–Crippen MR) is 412 cm³/mol. The second-order valence-corrected chi connectivity index (χ2v) is 23.8. The first-order valence-electron chi connectivity index (χ1n) is 33.7. The summed E-state index contributed by atoms with van der Waals surface area (Å²) in [4.78, 5) is 43.9. The van der Waals surface area contributed by atoms with Crippen LogP contribution in [-0.2, 0) is 53.7 Å². The molecule has 16 aromatic rings. The van der Waals surface area contributed by atoms with E-state index in [1.807, 2.05) is 91.0 Å². The van der Waals surface area contributed by atoms with E-state index in [1.54, 1.807) is 42.9 Å². The van der Waals surface area contributed by atoms with Crippen LogP contribution in [0.2, 0.25) is 0 Å². The Morgan fingerprint density at radius 1 is 0.222 bits per heavy atom. The van der Waals surface area contributed by atoms with E-state index in [2.05, 4.69) is 159 Å². The van der Waals surface area contributed by atoms with Gasteiger partial charge in [-0.15, -0.1) is 124 Å². The number of halogens is 15. The van der Waals surface area contributed by atoms with Crippen molar-refractivity contribution in [2.24, 2.45) is 0 Å². The zero-order valence-corrected chi connectivity index (χ0v) is 69.8. The number of hydrogen-bond acceptors (Lipinski definition) is 11. The quantitative estimate of drug-likeness (QED) is 0.0694. The van der Waals surface area contributed by atoms with Gasteiger partial charge in [0, 0.05) is 88.7 Å². The second-order valence-electron chi connectivity index (χ2n) is 23.8. The third-order valence-electron chi connectivity index (χ3n) is 16.2. The number of benzene rings is 7. The standard InChI is InChI=1S/C26H11F6N4.C26H10F6N4.3C12H10N.3ClH.3Ir/c2*27-21-13(17-5-1-3-7-33-17)9-15(23(29)25(21)31)19-11-20(36-12-35-19)16-10-14(18-6-2-4-8-34-18)22(28)26(32)24(16)30;3*1-10-5-7-11(8-6-10)12-4-2-3-9-13-12;;;;;;/h1-9,11-12H;1-8,11-12H;3*2-7,9H,1H3;3*1H;;;/q-1;-2;3*-1;;;;3*+3/p-3. The summed E-state index contributed by atoms with van der Waals surface area (Å²) in [5.74, 6) is -19.5. The molecule has 0 saturated carbocycles. The van der Waals surface area contributed by atoms with Gasteiger partial charge < -0.3 is 15.0 Å². The summed E-state index contributed by atoms with van der Waals surface area (Å²) in [7, 11) is 13.9. The molecule has 0 saturated heterocycles. The molecule has 16 rings (SSSR count). The van der Waals surface area contributed by atoms with Crippen molar-refractivity contribution in [3.05, 3.63) is 379 Å². The normalized spacial score (nSPS) is 10.3. The van der Waals surface area contributed by atoms with Crippen molar-refractivity contribution in [3.63, 3.8) is 0 Å². The molecule has 29 heteroatoms. The van der Waals surface area contributed by atoms with Gasteiger partial charge in [-0.1, -0.05) is 139 Å². The summed E-state index contributed by atoms with van der Waals surface area (Å²) in [6, 6.07) is 73.5. The van der Waals surface area contributed by atoms with Crippen LogP contribution in [0.5, 0.6) is 0 Å². The number of aromatic nitrogens is 11. The van der Waals surface area contributed by atoms with Crippen LogP contribution in [0.15, 0.2) is 256 Å². The van der Waals surface area contributed by atoms with Gasteiger partial charge in [-0.3, -0.25) is 61.2 Å². The molecule has 0 spiro atoms. The van der Waals surface area contributed by atoms with Crippen LogP contribution in [-0.4, -0.2) is 54.8 Å². The maximum atomic E-state index is 14.8. The first kappa shape index (κ1) is 89.7. The van der Waals surface area contributed by atoms with Crippen molar-refractivity contribution in [3.8, 4) is 124 Å². The van der Waals surface area contributed by atoms with E-state index in [9.17, 15) is 52.7 Å². The van der Waals surface area contributed by atoms with E-state index in [0.717, 1.165) is 64.6 Å². The van der Waals surface area contributed by atoms with Gasteiger partial charge in [-0.2, -0.15) is 0 Å². The molecule has 0 aliphatic heterocycles. The maximum absolute atomic E-state index is 14.8. The third kappa shape index (κ3) is 23.1. The Morgan fingerprint density at radius 3 is 0.692 bits per heavy atom. The number of aryl methyl sites for hydroxylation is 3. The summed E-state index contributed by atoms with van der Waals surface area (Å²) >= 11 is 4.42. The summed E-state index contributed by atoms with van der Waals surface area (Å²) in [5, 5.41) is 0. The number of nitrogens with zero attached hydrogens (tertiary/aromatic N) is 11. The Kier molecular flexibility index (Phi) is 34.3. The molecule has 0 radical (unpaired) electrons. The van der Waals surface area contributed by atoms with Gasteiger partial charge >= 0.3 is 82.4 Å². The molecule has 7 aromatic carbocycles. The minimum absolute atomic E-state index is 0.0175. The summed E-state index contributed by atoms with van der Waals surface area (Å²) < 4.78 is 175. The van der Waals surface area contributed by atoms with Crippen LogP contribution in [0.25, 0.3) is 124 Å². The molecule has 0 N–H and O–H groups in total. The SMILES string of the molecule is Cc1c[c-]c(-c2ccccn2)cc1.Cc1c[c-]c(-c2ccccn2)cc1.Cc1c[c-]c(-c2ccccn2)cc1.Fc1c(-c2ccccn2)[c-]c(-c2cc(-c3[c-]c(-c4ccccn4)c(F)c(F)c3F)ncn2)c(F)c1F.Fc1c(-c2ccccn2)[c-]c(-c2cc(-c3cc(-c4ccccn4)c(F)c(F)c3F)ncn2)c(F)c1F.[Cl][Ir+2].[Cl][Ir+2].[Cl][Ir+2]. The molecule has 0 fully saturated rings. The molecule has 117 heavy (non-hydrogen) atoms. The Bertz CT molecular complexity index is 5230. The molecule has 0 aliphatic carbocycles. The monoisotopic (exact) mass is 2170 g/mol. The van der Waals surface area contributed by atoms with Crippen LogP contribution in [0.4, 0.5) is 52.7 Å². The number of pyridine rings is 7. The van der Waals surface area contributed by atoms with Crippen molar-refractivity contribution in [1.29, 1.82) is 0 Å². The first-order valence-corrected chi connectivity index (χ1v) is 42.6. The molecule has 590 valence electrons. The van der Waals surface area contributed by atoms with Crippen molar-refractivity contribution < 1.29 is 106 Å². The summed E-state index contributed by atoms with van der Waals surface area (Å²) in [5.41, 5.74) is 4.45. The average molecular weight is 2170 g/mol. The van der Waals surface area contributed by atoms with Crippen LogP contribution in [0.3, 0.4) is 0 Å². The van der Waals surface area contributed by atoms with Gasteiger partial charge in [-0.05, 0) is 77.7 Å². The Labute approximate surface area is 708 Å². The third-order valence-corrected chi connectivity index (χ3v) is 16.2. The first-order chi connectivity index (χ1) is 56.8. The summed E-state index contributed by atoms with van der Waals surface area (Å²) in [6.07, 6.45) is 12.5. The molecule has 0 aliphatic rings. The Morgan fingerprint density at radius 2 is 0.444 bits per heavy atom. The van der Waals surface area contributed by atoms with E-state index in [1.165, 1.54) is 144 Å². The molecular formula is C88H51Cl3F12Ir3N11. The molecule has 0 amide bonds. The van der Waals surface area contributed by atoms with Crippen molar-refractivity contribution >= 4 is 28.8 Å². The number of hydrogen-bond donors (Lipinski definition) is 0. The fraction of sp³-hybridized carbons (Fsp3) is 0.0341. The second kappa shape index (κ2) is 44.7. The molecule has 11 nitrogen and oxygen atoms in total. The van der Waals surface area contributed by atoms with Gasteiger partial charge in [0.25, 0.3) is 0 Å². The molecule has 0 unspecified atom stereocenters. The molecule has 9 heterocycles. The summed E-state index contributed by atoms with van der Waals surface area (Å²) in [6.45, 7) is 6.16. The van der Waals surface area contributed by atoms with E-state index in [4.69, 9.17) is 0 Å². The van der Waals surface area contributed by atoms with Crippen LogP contribution in [0, 0.1) is 127 Å². The fourth-order valence-corrected chi connectivity index (χ4v) is 10.6. The van der Waals surface area contributed by atoms with Gasteiger partial charge in [0.2, 0.25) is 0 Å². The predicted octanol–water partition coefficient (Wildman–Crippen LogP) is 23.6. The zero-order valence-electron chi connectivity index (χ0n) is 60.3. The van der Waals surface area contributed by atoms with Gasteiger partial charge in [0.05, 0.1) is 52.6 Å². The Balaban J connectivity index is 0.000000177. The van der Waals surface area contributed by atoms with E-state index >= 15 is 0 Å². The van der Waals surface area contributed by atoms with Crippen LogP contribution >= 0.6 is 28.8 Å². The number of rotatable bonds is 11. The van der Waals surface area contributed by atoms with Crippen molar-refractivity contribution in [2.45, 2.75) is 20.8 Å². The van der Waals surface area contributed by atoms with Crippen molar-refractivity contribution in [1.82, 2.24) is 54.8 Å². The van der Waals surface area contributed by atoms with E-state index < -0.39 is 109 Å². The van der Waals surface area contributed by atoms with Crippen LogP contribution < -0.4 is 0 Å².